The van der Waals surface area contributed by atoms with Crippen molar-refractivity contribution in [3.63, 3.8) is 0 Å². The normalized spacial score (nSPS) is 19.9. The molecular formula is C7H10N4O2S. The third kappa shape index (κ3) is 1.43. The Hall–Kier alpha value is -1.24. The number of thioether (sulfide) groups is 1. The van der Waals surface area contributed by atoms with E-state index in [9.17, 15) is 4.79 Å². The van der Waals surface area contributed by atoms with Gasteiger partial charge in [-0.25, -0.2) is 0 Å². The second kappa shape index (κ2) is 3.49. The largest absolute Gasteiger partial charge is 0.481 e. The van der Waals surface area contributed by atoms with E-state index in [4.69, 9.17) is 5.11 Å². The summed E-state index contributed by atoms with van der Waals surface area (Å²) in [7, 11) is 0. The molecule has 0 fully saturated rings. The number of hydrogen-bond donors (Lipinski definition) is 2. The van der Waals surface area contributed by atoms with Gasteiger partial charge in [-0.1, -0.05) is 11.8 Å². The lowest BCUT2D eigenvalue weighted by atomic mass is 10.1. The van der Waals surface area contributed by atoms with Crippen molar-refractivity contribution in [2.45, 2.75) is 11.7 Å². The average Bonchev–Trinajstić information content (AvgIpc) is 2.59. The summed E-state index contributed by atoms with van der Waals surface area (Å²) in [6, 6.07) is 0. The molecule has 14 heavy (non-hydrogen) atoms. The van der Waals surface area contributed by atoms with Crippen molar-refractivity contribution < 1.29 is 9.90 Å². The van der Waals surface area contributed by atoms with Crippen LogP contribution in [0.25, 0.3) is 0 Å². The highest BCUT2D eigenvalue weighted by Gasteiger charge is 2.26. The van der Waals surface area contributed by atoms with Gasteiger partial charge in [-0.05, 0) is 6.26 Å². The molecule has 1 atom stereocenters. The Kier molecular flexibility index (Phi) is 2.32. The lowest BCUT2D eigenvalue weighted by Gasteiger charge is -2.21. The fourth-order valence-electron chi connectivity index (χ4n) is 1.40. The van der Waals surface area contributed by atoms with Crippen LogP contribution in [0.4, 0.5) is 5.95 Å². The van der Waals surface area contributed by atoms with Gasteiger partial charge in [0.2, 0.25) is 5.95 Å². The summed E-state index contributed by atoms with van der Waals surface area (Å²) in [4.78, 5) is 10.8. The van der Waals surface area contributed by atoms with Gasteiger partial charge in [0.1, 0.15) is 0 Å². The van der Waals surface area contributed by atoms with Crippen LogP contribution in [0.1, 0.15) is 0 Å². The zero-order chi connectivity index (χ0) is 10.1. The molecule has 2 N–H and O–H groups in total. The first-order chi connectivity index (χ1) is 6.72. The number of carbonyl (C=O) groups is 1. The molecule has 1 aliphatic heterocycles. The number of aromatic nitrogens is 3. The van der Waals surface area contributed by atoms with E-state index in [-0.39, 0.29) is 0 Å². The molecule has 0 spiro atoms. The van der Waals surface area contributed by atoms with Gasteiger partial charge in [0.05, 0.1) is 5.92 Å². The van der Waals surface area contributed by atoms with Gasteiger partial charge >= 0.3 is 5.97 Å². The quantitative estimate of drug-likeness (QED) is 0.681. The first kappa shape index (κ1) is 9.32. The highest BCUT2D eigenvalue weighted by atomic mass is 32.2. The third-order valence-corrected chi connectivity index (χ3v) is 2.83. The van der Waals surface area contributed by atoms with Gasteiger partial charge in [0.15, 0.2) is 5.16 Å². The maximum absolute atomic E-state index is 10.8. The van der Waals surface area contributed by atoms with Gasteiger partial charge in [-0.3, -0.25) is 9.36 Å². The molecule has 0 aliphatic carbocycles. The monoisotopic (exact) mass is 214 g/mol. The Morgan fingerprint density at radius 2 is 2.50 bits per heavy atom. The van der Waals surface area contributed by atoms with E-state index in [0.717, 1.165) is 5.16 Å². The highest BCUT2D eigenvalue weighted by Crippen LogP contribution is 2.22. The standard InChI is InChI=1S/C7H10N4O2S/c1-14-7-10-9-6-8-2-4(5(12)13)3-11(6)7/h4H,2-3H2,1H3,(H,8,9)(H,12,13). The fraction of sp³-hybridized carbons (Fsp3) is 0.571. The number of fused-ring (bicyclic) bond motifs is 1. The second-order valence-electron chi connectivity index (χ2n) is 3.04. The second-order valence-corrected chi connectivity index (χ2v) is 3.81. The highest BCUT2D eigenvalue weighted by molar-refractivity contribution is 7.98. The SMILES string of the molecule is CSc1nnc2n1CC(C(=O)O)CN2. The summed E-state index contributed by atoms with van der Waals surface area (Å²) in [5.74, 6) is -0.528. The molecule has 2 heterocycles. The first-order valence-corrected chi connectivity index (χ1v) is 5.38. The molecule has 7 heteroatoms. The molecule has 0 aromatic carbocycles. The van der Waals surface area contributed by atoms with Crippen molar-refractivity contribution in [1.82, 2.24) is 14.8 Å². The van der Waals surface area contributed by atoms with Crippen LogP contribution in [0.2, 0.25) is 0 Å². The molecule has 2 rings (SSSR count). The molecule has 1 aromatic rings. The Labute approximate surface area is 84.7 Å². The molecule has 1 unspecified atom stereocenters. The number of nitrogens with one attached hydrogen (secondary N) is 1. The Bertz CT molecular complexity index is 351. The maximum atomic E-state index is 10.8. The minimum absolute atomic E-state index is 0.399. The molecule has 6 nitrogen and oxygen atoms in total. The number of nitrogens with zero attached hydrogens (tertiary/aromatic N) is 3. The van der Waals surface area contributed by atoms with Crippen LogP contribution in [-0.2, 0) is 11.3 Å². The summed E-state index contributed by atoms with van der Waals surface area (Å²) < 4.78 is 1.80. The predicted octanol–water partition coefficient (Wildman–Crippen LogP) is 0.126. The summed E-state index contributed by atoms with van der Waals surface area (Å²) in [5, 5.41) is 20.4. The van der Waals surface area contributed by atoms with E-state index >= 15 is 0 Å². The number of rotatable bonds is 2. The van der Waals surface area contributed by atoms with E-state index in [1.807, 2.05) is 6.26 Å². The average molecular weight is 214 g/mol. The van der Waals surface area contributed by atoms with Gasteiger partial charge in [-0.2, -0.15) is 0 Å². The number of aliphatic carboxylic acids is 1. The zero-order valence-electron chi connectivity index (χ0n) is 7.60. The van der Waals surface area contributed by atoms with Crippen LogP contribution in [0.5, 0.6) is 0 Å². The van der Waals surface area contributed by atoms with Crippen LogP contribution in [0.3, 0.4) is 0 Å². The van der Waals surface area contributed by atoms with Gasteiger partial charge in [-0.15, -0.1) is 10.2 Å². The van der Waals surface area contributed by atoms with Crippen molar-refractivity contribution in [3.05, 3.63) is 0 Å². The lowest BCUT2D eigenvalue weighted by Crippen LogP contribution is -2.33. The van der Waals surface area contributed by atoms with Gasteiger partial charge in [0.25, 0.3) is 0 Å². The zero-order valence-corrected chi connectivity index (χ0v) is 8.41. The van der Waals surface area contributed by atoms with Gasteiger partial charge < -0.3 is 10.4 Å². The third-order valence-electron chi connectivity index (χ3n) is 2.16. The topological polar surface area (TPSA) is 80.0 Å². The van der Waals surface area contributed by atoms with E-state index in [2.05, 4.69) is 15.5 Å². The van der Waals surface area contributed by atoms with Crippen LogP contribution < -0.4 is 5.32 Å². The number of carboxylic acids is 1. The molecule has 1 aliphatic rings. The number of anilines is 1. The van der Waals surface area contributed by atoms with E-state index in [1.54, 1.807) is 4.57 Å². The van der Waals surface area contributed by atoms with E-state index in [1.165, 1.54) is 11.8 Å². The molecule has 0 saturated carbocycles. The Morgan fingerprint density at radius 1 is 1.71 bits per heavy atom. The van der Waals surface area contributed by atoms with Crippen LogP contribution in [0, 0.1) is 5.92 Å². The first-order valence-electron chi connectivity index (χ1n) is 4.16. The summed E-state index contributed by atoms with van der Waals surface area (Å²) in [6.07, 6.45) is 1.89. The van der Waals surface area contributed by atoms with E-state index < -0.39 is 11.9 Å². The number of carboxylic acid groups (broad SMARTS) is 1. The summed E-state index contributed by atoms with van der Waals surface area (Å²) in [5.41, 5.74) is 0. The fourth-order valence-corrected chi connectivity index (χ4v) is 1.90. The molecule has 0 saturated heterocycles. The molecule has 0 radical (unpaired) electrons. The van der Waals surface area contributed by atoms with Crippen LogP contribution in [0.15, 0.2) is 5.16 Å². The molecule has 1 aromatic heterocycles. The van der Waals surface area contributed by atoms with Crippen molar-refractivity contribution >= 4 is 23.7 Å². The number of hydrogen-bond acceptors (Lipinski definition) is 5. The minimum atomic E-state index is -0.788. The van der Waals surface area contributed by atoms with Crippen molar-refractivity contribution in [2.24, 2.45) is 5.92 Å². The smallest absolute Gasteiger partial charge is 0.310 e. The Balaban J connectivity index is 2.27. The van der Waals surface area contributed by atoms with Crippen LogP contribution >= 0.6 is 11.8 Å². The lowest BCUT2D eigenvalue weighted by molar-refractivity contribution is -0.141. The van der Waals surface area contributed by atoms with Crippen molar-refractivity contribution in [2.75, 3.05) is 18.1 Å². The van der Waals surface area contributed by atoms with Crippen molar-refractivity contribution in [3.8, 4) is 0 Å². The summed E-state index contributed by atoms with van der Waals surface area (Å²) in [6.45, 7) is 0.864. The maximum Gasteiger partial charge on any atom is 0.310 e. The molecular weight excluding hydrogens is 204 g/mol. The molecule has 0 bridgehead atoms. The van der Waals surface area contributed by atoms with Crippen LogP contribution in [-0.4, -0.2) is 38.6 Å². The summed E-state index contributed by atoms with van der Waals surface area (Å²) >= 11 is 1.46. The minimum Gasteiger partial charge on any atom is -0.481 e. The molecule has 0 amide bonds. The Morgan fingerprint density at radius 3 is 3.14 bits per heavy atom. The molecule has 76 valence electrons. The van der Waals surface area contributed by atoms with Crippen molar-refractivity contribution in [1.29, 1.82) is 0 Å². The predicted molar refractivity (Wildman–Crippen MR) is 51.4 cm³/mol. The van der Waals surface area contributed by atoms with E-state index in [0.29, 0.717) is 19.0 Å². The van der Waals surface area contributed by atoms with Gasteiger partial charge in [0, 0.05) is 13.1 Å².